The SMILES string of the molecule is C=C[SH](NC(=O)CC[C@H](N)C(=O)O)C(=O)NCC(=O)O. The Kier molecular flexibility index (Phi) is 8.01. The number of carbonyl (C=O) groups excluding carboxylic acids is 2. The first-order chi connectivity index (χ1) is 9.27. The van der Waals surface area contributed by atoms with E-state index in [0.29, 0.717) is 0 Å². The number of aliphatic carboxylic acids is 2. The van der Waals surface area contributed by atoms with Gasteiger partial charge in [0.2, 0.25) is 5.91 Å². The lowest BCUT2D eigenvalue weighted by atomic mass is 10.2. The van der Waals surface area contributed by atoms with Gasteiger partial charge in [-0.15, -0.1) is 0 Å². The van der Waals surface area contributed by atoms with Crippen LogP contribution in [0.3, 0.4) is 0 Å². The van der Waals surface area contributed by atoms with Crippen LogP contribution in [0.2, 0.25) is 0 Å². The fourth-order valence-corrected chi connectivity index (χ4v) is 2.00. The zero-order chi connectivity index (χ0) is 15.7. The molecule has 0 saturated carbocycles. The first-order valence-electron chi connectivity index (χ1n) is 5.47. The van der Waals surface area contributed by atoms with E-state index >= 15 is 0 Å². The first-order valence-corrected chi connectivity index (χ1v) is 6.88. The lowest BCUT2D eigenvalue weighted by Crippen LogP contribution is -2.34. The van der Waals surface area contributed by atoms with Crippen LogP contribution in [0.25, 0.3) is 0 Å². The number of hydrogen-bond donors (Lipinski definition) is 6. The Hall–Kier alpha value is -2.07. The molecule has 0 rings (SSSR count). The minimum Gasteiger partial charge on any atom is -0.480 e. The molecule has 20 heavy (non-hydrogen) atoms. The maximum atomic E-state index is 11.5. The maximum absolute atomic E-state index is 11.5. The molecule has 0 spiro atoms. The van der Waals surface area contributed by atoms with Crippen LogP contribution in [0, 0.1) is 0 Å². The van der Waals surface area contributed by atoms with E-state index in [2.05, 4.69) is 16.6 Å². The Morgan fingerprint density at radius 2 is 1.90 bits per heavy atom. The van der Waals surface area contributed by atoms with Crippen LogP contribution in [-0.4, -0.2) is 45.9 Å². The topological polar surface area (TPSA) is 159 Å². The molecule has 0 radical (unpaired) electrons. The normalized spacial score (nSPS) is 13.8. The van der Waals surface area contributed by atoms with Crippen molar-refractivity contribution < 1.29 is 29.4 Å². The van der Waals surface area contributed by atoms with E-state index in [1.54, 1.807) is 0 Å². The zero-order valence-corrected chi connectivity index (χ0v) is 11.4. The van der Waals surface area contributed by atoms with Crippen molar-refractivity contribution in [1.29, 1.82) is 0 Å². The summed E-state index contributed by atoms with van der Waals surface area (Å²) in [4.78, 5) is 43.8. The van der Waals surface area contributed by atoms with Crippen molar-refractivity contribution in [3.05, 3.63) is 12.0 Å². The average molecular weight is 307 g/mol. The molecule has 0 aromatic rings. The van der Waals surface area contributed by atoms with Crippen molar-refractivity contribution in [2.45, 2.75) is 18.9 Å². The molecule has 2 atom stereocenters. The standard InChI is InChI=1S/C10H17N3O6S/c1-2-20(10(19)12-5-8(15)16)13-7(14)4-3-6(11)9(17)18/h2,6,20H,1,3-5,11H2,(H,12,19)(H,13,14)(H,15,16)(H,17,18)/t6-/m0/s1. The number of carboxylic acids is 2. The van der Waals surface area contributed by atoms with E-state index in [1.165, 1.54) is 5.41 Å². The first kappa shape index (κ1) is 17.9. The third kappa shape index (κ3) is 7.38. The largest absolute Gasteiger partial charge is 0.480 e. The van der Waals surface area contributed by atoms with Crippen LogP contribution in [0.15, 0.2) is 12.0 Å². The van der Waals surface area contributed by atoms with E-state index in [4.69, 9.17) is 15.9 Å². The third-order valence-corrected chi connectivity index (χ3v) is 3.49. The summed E-state index contributed by atoms with van der Waals surface area (Å²) in [5, 5.41) is 19.6. The van der Waals surface area contributed by atoms with Gasteiger partial charge >= 0.3 is 11.9 Å². The van der Waals surface area contributed by atoms with E-state index in [-0.39, 0.29) is 12.8 Å². The Bertz CT molecular complexity index is 414. The second-order valence-electron chi connectivity index (χ2n) is 3.62. The van der Waals surface area contributed by atoms with E-state index < -0.39 is 46.8 Å². The van der Waals surface area contributed by atoms with Gasteiger partial charge in [-0.2, -0.15) is 0 Å². The second-order valence-corrected chi connectivity index (χ2v) is 5.36. The molecular weight excluding hydrogens is 290 g/mol. The van der Waals surface area contributed by atoms with Gasteiger partial charge < -0.3 is 26.0 Å². The Morgan fingerprint density at radius 3 is 2.35 bits per heavy atom. The molecule has 0 aromatic carbocycles. The van der Waals surface area contributed by atoms with Gasteiger partial charge in [0, 0.05) is 6.42 Å². The van der Waals surface area contributed by atoms with Crippen molar-refractivity contribution in [3.8, 4) is 0 Å². The van der Waals surface area contributed by atoms with E-state index in [9.17, 15) is 19.2 Å². The monoisotopic (exact) mass is 307 g/mol. The number of amides is 2. The smallest absolute Gasteiger partial charge is 0.323 e. The second kappa shape index (κ2) is 8.93. The number of nitrogens with two attached hydrogens (primary N) is 1. The Labute approximate surface area is 117 Å². The van der Waals surface area contributed by atoms with Crippen LogP contribution >= 0.6 is 11.1 Å². The zero-order valence-electron chi connectivity index (χ0n) is 10.5. The molecule has 114 valence electrons. The van der Waals surface area contributed by atoms with Gasteiger partial charge in [0.25, 0.3) is 5.24 Å². The Balaban J connectivity index is 4.24. The summed E-state index contributed by atoms with van der Waals surface area (Å²) in [5.41, 5.74) is 5.23. The van der Waals surface area contributed by atoms with Gasteiger partial charge in [-0.25, -0.2) is 0 Å². The number of hydrogen-bond acceptors (Lipinski definition) is 5. The quantitative estimate of drug-likeness (QED) is 0.334. The highest BCUT2D eigenvalue weighted by Gasteiger charge is 2.17. The molecule has 2 amide bonds. The third-order valence-electron chi connectivity index (χ3n) is 2.04. The van der Waals surface area contributed by atoms with Crippen molar-refractivity contribution in [2.75, 3.05) is 6.54 Å². The van der Waals surface area contributed by atoms with Gasteiger partial charge in [0.1, 0.15) is 12.6 Å². The fourth-order valence-electron chi connectivity index (χ4n) is 1.02. The predicted octanol–water partition coefficient (Wildman–Crippen LogP) is -0.851. The summed E-state index contributed by atoms with van der Waals surface area (Å²) in [5.74, 6) is -2.99. The van der Waals surface area contributed by atoms with Gasteiger partial charge in [-0.1, -0.05) is 17.7 Å². The number of nitrogens with one attached hydrogen (secondary N) is 2. The number of rotatable bonds is 7. The van der Waals surface area contributed by atoms with Crippen molar-refractivity contribution in [1.82, 2.24) is 10.0 Å². The van der Waals surface area contributed by atoms with Gasteiger partial charge in [0.05, 0.1) is 0 Å². The number of carboxylic acid groups (broad SMARTS) is 2. The highest BCUT2D eigenvalue weighted by Crippen LogP contribution is 2.21. The van der Waals surface area contributed by atoms with Crippen LogP contribution in [0.1, 0.15) is 12.8 Å². The molecular formula is C10H17N3O6S. The summed E-state index contributed by atoms with van der Waals surface area (Å²) in [6.45, 7) is 2.81. The molecule has 10 heteroatoms. The molecule has 0 aromatic heterocycles. The van der Waals surface area contributed by atoms with Crippen LogP contribution in [-0.2, 0) is 14.4 Å². The molecule has 0 bridgehead atoms. The predicted molar refractivity (Wildman–Crippen MR) is 73.2 cm³/mol. The summed E-state index contributed by atoms with van der Waals surface area (Å²) in [7, 11) is 0. The van der Waals surface area contributed by atoms with Crippen LogP contribution in [0.5, 0.6) is 0 Å². The molecule has 0 aliphatic rings. The molecule has 0 saturated heterocycles. The fraction of sp³-hybridized carbons (Fsp3) is 0.400. The molecule has 1 unspecified atom stereocenters. The van der Waals surface area contributed by atoms with E-state index in [1.807, 2.05) is 0 Å². The summed E-state index contributed by atoms with van der Waals surface area (Å²) >= 11 is -1.77. The van der Waals surface area contributed by atoms with Crippen LogP contribution < -0.4 is 15.8 Å². The number of carbonyl (C=O) groups is 4. The molecule has 6 N–H and O–H groups in total. The van der Waals surface area contributed by atoms with E-state index in [0.717, 1.165) is 0 Å². The lowest BCUT2D eigenvalue weighted by molar-refractivity contribution is -0.139. The minimum atomic E-state index is -1.77. The molecule has 0 aliphatic carbocycles. The van der Waals surface area contributed by atoms with Gasteiger partial charge in [0.15, 0.2) is 0 Å². The molecule has 9 nitrogen and oxygen atoms in total. The lowest BCUT2D eigenvalue weighted by Gasteiger charge is -2.17. The Morgan fingerprint density at radius 1 is 1.30 bits per heavy atom. The van der Waals surface area contributed by atoms with Crippen molar-refractivity contribution >= 4 is 34.2 Å². The molecule has 0 aliphatic heterocycles. The average Bonchev–Trinajstić information content (AvgIpc) is 2.38. The summed E-state index contributed by atoms with van der Waals surface area (Å²) < 4.78 is 2.34. The van der Waals surface area contributed by atoms with Crippen molar-refractivity contribution in [2.24, 2.45) is 5.73 Å². The van der Waals surface area contributed by atoms with Gasteiger partial charge in [-0.3, -0.25) is 19.2 Å². The van der Waals surface area contributed by atoms with Gasteiger partial charge in [-0.05, 0) is 11.8 Å². The van der Waals surface area contributed by atoms with Crippen LogP contribution in [0.4, 0.5) is 4.79 Å². The molecule has 0 heterocycles. The number of thiol groups is 1. The summed E-state index contributed by atoms with van der Waals surface area (Å²) in [6, 6.07) is -1.16. The summed E-state index contributed by atoms with van der Waals surface area (Å²) in [6.07, 6.45) is -0.232. The van der Waals surface area contributed by atoms with Crippen molar-refractivity contribution in [3.63, 3.8) is 0 Å². The maximum Gasteiger partial charge on any atom is 0.323 e. The highest BCUT2D eigenvalue weighted by molar-refractivity contribution is 8.30. The molecule has 0 fully saturated rings. The highest BCUT2D eigenvalue weighted by atomic mass is 32.2. The minimum absolute atomic E-state index is 0.0712.